The molecule has 8 nitrogen and oxygen atoms in total. The van der Waals surface area contributed by atoms with Crippen LogP contribution in [0.15, 0.2) is 12.1 Å². The van der Waals surface area contributed by atoms with Gasteiger partial charge in [-0.05, 0) is 17.1 Å². The van der Waals surface area contributed by atoms with E-state index >= 15 is 0 Å². The number of fused-ring (bicyclic) bond motifs is 1. The minimum atomic E-state index is -1.14. The normalized spacial score (nSPS) is 9.88. The van der Waals surface area contributed by atoms with E-state index < -0.39 is 17.3 Å². The number of nitro benzene ring substituents is 1. The second-order valence-corrected chi connectivity index (χ2v) is 3.09. The summed E-state index contributed by atoms with van der Waals surface area (Å²) in [6.45, 7) is 0. The molecule has 0 aliphatic carbocycles. The van der Waals surface area contributed by atoms with Gasteiger partial charge in [-0.1, -0.05) is 0 Å². The maximum absolute atomic E-state index is 10.7. The van der Waals surface area contributed by atoms with Crippen LogP contribution in [0.3, 0.4) is 0 Å². The van der Waals surface area contributed by atoms with E-state index in [2.05, 4.69) is 15.4 Å². The third-order valence-electron chi connectivity index (χ3n) is 2.02. The Kier molecular flexibility index (Phi) is 3.94. The van der Waals surface area contributed by atoms with Gasteiger partial charge in [0.25, 0.3) is 5.69 Å². The Morgan fingerprint density at radius 2 is 2.24 bits per heavy atom. The number of rotatable bonds is 3. The van der Waals surface area contributed by atoms with Gasteiger partial charge in [-0.3, -0.25) is 20.1 Å². The number of carbonyl (C=O) groups is 1. The van der Waals surface area contributed by atoms with Crippen molar-refractivity contribution in [1.82, 2.24) is 15.4 Å². The molecule has 0 spiro atoms. The Labute approximate surface area is 110 Å². The molecule has 17 heavy (non-hydrogen) atoms. The third kappa shape index (κ3) is 2.67. The molecule has 0 saturated heterocycles. The fourth-order valence-corrected chi connectivity index (χ4v) is 1.36. The predicted molar refractivity (Wildman–Crippen MR) is 50.9 cm³/mol. The Balaban J connectivity index is 0.00000144. The first kappa shape index (κ1) is 13.3. The first-order valence-electron chi connectivity index (χ1n) is 4.23. The monoisotopic (exact) mass is 328 g/mol. The Hall–Kier alpha value is -1.77. The van der Waals surface area contributed by atoms with Crippen LogP contribution >= 0.6 is 0 Å². The van der Waals surface area contributed by atoms with Crippen molar-refractivity contribution in [1.29, 1.82) is 0 Å². The van der Waals surface area contributed by atoms with Gasteiger partial charge in [0.15, 0.2) is 0 Å². The van der Waals surface area contributed by atoms with Gasteiger partial charge in [0, 0.05) is 11.6 Å². The van der Waals surface area contributed by atoms with Crippen molar-refractivity contribution in [2.45, 2.75) is 6.42 Å². The number of carboxylic acids is 1. The van der Waals surface area contributed by atoms with Crippen molar-refractivity contribution >= 4 is 22.7 Å². The number of aromatic nitrogens is 3. The quantitative estimate of drug-likeness (QED) is 0.482. The minimum Gasteiger partial charge on any atom is -0.481 e. The van der Waals surface area contributed by atoms with Gasteiger partial charge in [0.05, 0.1) is 11.3 Å². The van der Waals surface area contributed by atoms with Crippen LogP contribution in [-0.2, 0) is 33.6 Å². The Morgan fingerprint density at radius 1 is 1.53 bits per heavy atom. The topological polar surface area (TPSA) is 120 Å². The third-order valence-corrected chi connectivity index (χ3v) is 2.02. The largest absolute Gasteiger partial charge is 1.00 e. The molecule has 0 unspecified atom stereocenters. The van der Waals surface area contributed by atoms with E-state index in [1.54, 1.807) is 0 Å². The first-order chi connectivity index (χ1) is 7.58. The average Bonchev–Trinajstić information content (AvgIpc) is 2.62. The number of hydrogen-bond donors (Lipinski definition) is 1. The molecule has 2 aromatic rings. The Bertz CT molecular complexity index is 582. The van der Waals surface area contributed by atoms with Crippen LogP contribution in [0.2, 0.25) is 0 Å². The van der Waals surface area contributed by atoms with E-state index in [9.17, 15) is 14.9 Å². The van der Waals surface area contributed by atoms with E-state index in [0.29, 0.717) is 5.52 Å². The van der Waals surface area contributed by atoms with Crippen molar-refractivity contribution in [3.8, 4) is 0 Å². The summed E-state index contributed by atoms with van der Waals surface area (Å²) in [6.07, 6.45) is -0.431. The molecule has 0 atom stereocenters. The van der Waals surface area contributed by atoms with Gasteiger partial charge >= 0.3 is 28.3 Å². The number of hydrogen-bond acceptors (Lipinski definition) is 5. The molecule has 0 bridgehead atoms. The van der Waals surface area contributed by atoms with Crippen molar-refractivity contribution in [3.63, 3.8) is 0 Å². The van der Waals surface area contributed by atoms with Crippen LogP contribution in [-0.4, -0.2) is 26.3 Å². The Morgan fingerprint density at radius 3 is 2.82 bits per heavy atom. The summed E-state index contributed by atoms with van der Waals surface area (Å²) in [6, 6.07) is 2.50. The molecule has 1 aromatic heterocycles. The van der Waals surface area contributed by atoms with E-state index in [1.807, 2.05) is 0 Å². The van der Waals surface area contributed by atoms with E-state index in [1.165, 1.54) is 12.1 Å². The van der Waals surface area contributed by atoms with E-state index in [0.717, 1.165) is 0 Å². The van der Waals surface area contributed by atoms with Gasteiger partial charge in [-0.25, -0.2) is 0 Å². The molecular formula is C8H5AgN4O4. The first-order valence-corrected chi connectivity index (χ1v) is 4.23. The summed E-state index contributed by atoms with van der Waals surface area (Å²) in [5.74, 6) is -1.14. The van der Waals surface area contributed by atoms with Crippen LogP contribution in [0.5, 0.6) is 0 Å². The maximum Gasteiger partial charge on any atom is 1.00 e. The second-order valence-electron chi connectivity index (χ2n) is 3.09. The molecule has 1 aromatic carbocycles. The minimum absolute atomic E-state index is 0. The predicted octanol–water partition coefficient (Wildman–Crippen LogP) is 0.120. The van der Waals surface area contributed by atoms with E-state index in [-0.39, 0.29) is 39.1 Å². The summed E-state index contributed by atoms with van der Waals surface area (Å²) in [5, 5.41) is 29.9. The van der Waals surface area contributed by atoms with E-state index in [4.69, 9.17) is 5.11 Å². The van der Waals surface area contributed by atoms with Crippen LogP contribution in [0, 0.1) is 10.1 Å². The molecule has 1 N–H and O–H groups in total. The molecule has 0 radical (unpaired) electrons. The number of carboxylic acid groups (broad SMARTS) is 1. The molecule has 0 amide bonds. The number of nitro groups is 1. The van der Waals surface area contributed by atoms with Gasteiger partial charge in [0.1, 0.15) is 0 Å². The summed E-state index contributed by atoms with van der Waals surface area (Å²) < 4.78 is 0. The standard InChI is InChI=1S/C8H6N4O4.Ag/c13-8(14)2-4-1-5-6(10-11-9-5)3-7(4)12(15)16;/h1,3H,2H2,(H2,9,10,11,13,14);/q;+1/p-1. The van der Waals surface area contributed by atoms with Crippen molar-refractivity contribution in [2.24, 2.45) is 0 Å². The van der Waals surface area contributed by atoms with Crippen LogP contribution in [0.1, 0.15) is 5.56 Å². The van der Waals surface area contributed by atoms with Gasteiger partial charge in [-0.15, -0.1) is 0 Å². The number of benzene rings is 1. The summed E-state index contributed by atoms with van der Waals surface area (Å²) in [5.41, 5.74) is 0.437. The SMILES string of the molecule is O=C(O)Cc1cc2nn[n-]c2cc1[N+](=O)[O-].[Ag+]. The zero-order valence-corrected chi connectivity index (χ0v) is 9.61. The maximum atomic E-state index is 10.7. The molecule has 0 fully saturated rings. The van der Waals surface area contributed by atoms with Crippen LogP contribution in [0.25, 0.3) is 11.0 Å². The fourth-order valence-electron chi connectivity index (χ4n) is 1.36. The van der Waals surface area contributed by atoms with Crippen molar-refractivity contribution in [3.05, 3.63) is 27.8 Å². The van der Waals surface area contributed by atoms with Gasteiger partial charge in [-0.2, -0.15) is 0 Å². The summed E-state index contributed by atoms with van der Waals surface area (Å²) in [7, 11) is 0. The van der Waals surface area contributed by atoms with Gasteiger partial charge in [0.2, 0.25) is 0 Å². The van der Waals surface area contributed by atoms with Gasteiger partial charge < -0.3 is 15.3 Å². The molecule has 2 rings (SSSR count). The molecule has 0 saturated carbocycles. The van der Waals surface area contributed by atoms with Crippen molar-refractivity contribution in [2.75, 3.05) is 0 Å². The van der Waals surface area contributed by atoms with Crippen LogP contribution in [0.4, 0.5) is 5.69 Å². The second kappa shape index (κ2) is 5.04. The summed E-state index contributed by atoms with van der Waals surface area (Å²) in [4.78, 5) is 20.6. The molecule has 92 valence electrons. The fraction of sp³-hybridized carbons (Fsp3) is 0.125. The van der Waals surface area contributed by atoms with Crippen molar-refractivity contribution < 1.29 is 37.2 Å². The smallest absolute Gasteiger partial charge is 0.481 e. The molecule has 1 heterocycles. The summed E-state index contributed by atoms with van der Waals surface area (Å²) >= 11 is 0. The zero-order valence-electron chi connectivity index (χ0n) is 8.12. The number of aliphatic carboxylic acids is 1. The molecule has 0 aliphatic rings. The average molecular weight is 329 g/mol. The van der Waals surface area contributed by atoms with Crippen LogP contribution < -0.4 is 5.10 Å². The zero-order chi connectivity index (χ0) is 11.7. The molecule has 0 aliphatic heterocycles. The molecular weight excluding hydrogens is 324 g/mol. The number of nitrogens with zero attached hydrogens (tertiary/aromatic N) is 4. The molecule has 9 heteroatoms.